The van der Waals surface area contributed by atoms with Gasteiger partial charge >= 0.3 is 0 Å². The van der Waals surface area contributed by atoms with Crippen molar-refractivity contribution in [3.05, 3.63) is 33.9 Å². The molecule has 1 N–H and O–H groups in total. The number of piperidine rings is 1. The summed E-state index contributed by atoms with van der Waals surface area (Å²) in [5, 5.41) is 2.99. The molecule has 0 bridgehead atoms. The van der Waals surface area contributed by atoms with E-state index in [4.69, 9.17) is 4.74 Å². The van der Waals surface area contributed by atoms with Gasteiger partial charge in [0, 0.05) is 37.7 Å². The fourth-order valence-electron chi connectivity index (χ4n) is 3.69. The van der Waals surface area contributed by atoms with Crippen LogP contribution >= 0.6 is 0 Å². The average molecular weight is 360 g/mol. The van der Waals surface area contributed by atoms with Crippen molar-refractivity contribution in [1.82, 2.24) is 10.2 Å². The van der Waals surface area contributed by atoms with Crippen LogP contribution in [0.3, 0.4) is 0 Å². The van der Waals surface area contributed by atoms with E-state index in [1.807, 2.05) is 25.7 Å². The number of hydrogen-bond acceptors (Lipinski definition) is 3. The summed E-state index contributed by atoms with van der Waals surface area (Å²) in [7, 11) is 1.63. The largest absolute Gasteiger partial charge is 0.383 e. The Labute approximate surface area is 157 Å². The molecule has 1 saturated heterocycles. The Kier molecular flexibility index (Phi) is 6.81. The average Bonchev–Trinajstić information content (AvgIpc) is 2.60. The molecule has 144 valence electrons. The Bertz CT molecular complexity index is 650. The molecule has 0 aromatic heterocycles. The second kappa shape index (κ2) is 8.67. The lowest BCUT2D eigenvalue weighted by Crippen LogP contribution is -2.45. The van der Waals surface area contributed by atoms with Gasteiger partial charge in [0.25, 0.3) is 5.91 Å². The van der Waals surface area contributed by atoms with Gasteiger partial charge in [0.1, 0.15) is 0 Å². The van der Waals surface area contributed by atoms with E-state index >= 15 is 0 Å². The molecule has 26 heavy (non-hydrogen) atoms. The van der Waals surface area contributed by atoms with E-state index in [1.54, 1.807) is 7.11 Å². The molecule has 0 unspecified atom stereocenters. The monoisotopic (exact) mass is 360 g/mol. The van der Waals surface area contributed by atoms with Gasteiger partial charge in [-0.2, -0.15) is 0 Å². The minimum atomic E-state index is -0.0280. The fourth-order valence-corrected chi connectivity index (χ4v) is 3.69. The molecule has 1 fully saturated rings. The third-order valence-electron chi connectivity index (χ3n) is 5.54. The number of carbonyl (C=O) groups excluding carboxylic acids is 2. The van der Waals surface area contributed by atoms with Gasteiger partial charge < -0.3 is 15.0 Å². The summed E-state index contributed by atoms with van der Waals surface area (Å²) in [6.45, 7) is 11.8. The quantitative estimate of drug-likeness (QED) is 0.878. The van der Waals surface area contributed by atoms with Crippen LogP contribution < -0.4 is 5.32 Å². The van der Waals surface area contributed by atoms with E-state index in [9.17, 15) is 9.59 Å². The SMILES string of the molecule is COC[C@@H](C)NC(=O)C1CCN(C(=O)c2c(C)c(C)cc(C)c2C)CC1. The number of ether oxygens (including phenoxy) is 1. The maximum Gasteiger partial charge on any atom is 0.254 e. The Hall–Kier alpha value is -1.88. The number of methoxy groups -OCH3 is 1. The van der Waals surface area contributed by atoms with Crippen molar-refractivity contribution < 1.29 is 14.3 Å². The van der Waals surface area contributed by atoms with E-state index in [0.29, 0.717) is 32.5 Å². The summed E-state index contributed by atoms with van der Waals surface area (Å²) in [5.74, 6) is 0.138. The third-order valence-corrected chi connectivity index (χ3v) is 5.54. The number of hydrogen-bond donors (Lipinski definition) is 1. The molecule has 0 saturated carbocycles. The molecule has 1 atom stereocenters. The molecule has 1 heterocycles. The van der Waals surface area contributed by atoms with Crippen molar-refractivity contribution in [2.24, 2.45) is 5.92 Å². The zero-order valence-electron chi connectivity index (χ0n) is 16.9. The molecule has 1 aromatic carbocycles. The molecule has 5 nitrogen and oxygen atoms in total. The topological polar surface area (TPSA) is 58.6 Å². The van der Waals surface area contributed by atoms with E-state index in [0.717, 1.165) is 27.8 Å². The van der Waals surface area contributed by atoms with Gasteiger partial charge in [-0.15, -0.1) is 0 Å². The first kappa shape index (κ1) is 20.4. The zero-order chi connectivity index (χ0) is 19.4. The van der Waals surface area contributed by atoms with Crippen LogP contribution in [0.25, 0.3) is 0 Å². The van der Waals surface area contributed by atoms with E-state index in [1.165, 1.54) is 0 Å². The highest BCUT2D eigenvalue weighted by atomic mass is 16.5. The predicted molar refractivity (Wildman–Crippen MR) is 103 cm³/mol. The lowest BCUT2D eigenvalue weighted by Gasteiger charge is -2.33. The molecule has 0 spiro atoms. The van der Waals surface area contributed by atoms with Crippen molar-refractivity contribution in [2.45, 2.75) is 53.5 Å². The first-order valence-corrected chi connectivity index (χ1v) is 9.42. The van der Waals surface area contributed by atoms with Crippen LogP contribution in [0.1, 0.15) is 52.4 Å². The van der Waals surface area contributed by atoms with Gasteiger partial charge in [0.2, 0.25) is 5.91 Å². The first-order chi connectivity index (χ1) is 12.3. The van der Waals surface area contributed by atoms with Crippen LogP contribution in [0.2, 0.25) is 0 Å². The predicted octanol–water partition coefficient (Wildman–Crippen LogP) is 2.92. The van der Waals surface area contributed by atoms with Crippen LogP contribution in [0, 0.1) is 33.6 Å². The highest BCUT2D eigenvalue weighted by molar-refractivity contribution is 5.98. The van der Waals surface area contributed by atoms with E-state index in [2.05, 4.69) is 25.2 Å². The Morgan fingerprint density at radius 3 is 2.19 bits per heavy atom. The van der Waals surface area contributed by atoms with Gasteiger partial charge in [-0.3, -0.25) is 9.59 Å². The smallest absolute Gasteiger partial charge is 0.254 e. The number of nitrogens with zero attached hydrogens (tertiary/aromatic N) is 1. The number of likely N-dealkylation sites (tertiary alicyclic amines) is 1. The first-order valence-electron chi connectivity index (χ1n) is 9.42. The normalized spacial score (nSPS) is 16.5. The van der Waals surface area contributed by atoms with E-state index < -0.39 is 0 Å². The summed E-state index contributed by atoms with van der Waals surface area (Å²) >= 11 is 0. The summed E-state index contributed by atoms with van der Waals surface area (Å²) < 4.78 is 5.06. The molecule has 5 heteroatoms. The Morgan fingerprint density at radius 1 is 1.15 bits per heavy atom. The summed E-state index contributed by atoms with van der Waals surface area (Å²) in [4.78, 5) is 27.4. The molecule has 0 radical (unpaired) electrons. The van der Waals surface area contributed by atoms with Crippen LogP contribution in [0.5, 0.6) is 0 Å². The highest BCUT2D eigenvalue weighted by Gasteiger charge is 2.29. The number of amides is 2. The standard InChI is InChI=1S/C21H32N2O3/c1-13-11-14(2)17(5)19(16(13)4)21(25)23-9-7-18(8-10-23)20(24)22-15(3)12-26-6/h11,15,18H,7-10,12H2,1-6H3,(H,22,24)/t15-/m1/s1. The molecular weight excluding hydrogens is 328 g/mol. The van der Waals surface area contributed by atoms with Gasteiger partial charge in [-0.1, -0.05) is 6.07 Å². The van der Waals surface area contributed by atoms with Gasteiger partial charge in [0.15, 0.2) is 0 Å². The van der Waals surface area contributed by atoms with Crippen molar-refractivity contribution in [1.29, 1.82) is 0 Å². The molecule has 1 aliphatic rings. The highest BCUT2D eigenvalue weighted by Crippen LogP contribution is 2.26. The summed E-state index contributed by atoms with van der Waals surface area (Å²) in [6.07, 6.45) is 1.42. The minimum absolute atomic E-state index is 0.00716. The molecule has 1 aromatic rings. The maximum absolute atomic E-state index is 13.1. The second-order valence-electron chi connectivity index (χ2n) is 7.57. The van der Waals surface area contributed by atoms with Crippen molar-refractivity contribution >= 4 is 11.8 Å². The van der Waals surface area contributed by atoms with Crippen LogP contribution in [-0.4, -0.2) is 49.6 Å². The van der Waals surface area contributed by atoms with Crippen molar-refractivity contribution in [3.63, 3.8) is 0 Å². The van der Waals surface area contributed by atoms with Crippen LogP contribution in [-0.2, 0) is 9.53 Å². The van der Waals surface area contributed by atoms with Gasteiger partial charge in [0.05, 0.1) is 6.61 Å². The number of aryl methyl sites for hydroxylation is 2. The lowest BCUT2D eigenvalue weighted by molar-refractivity contribution is -0.127. The van der Waals surface area contributed by atoms with Crippen LogP contribution in [0.15, 0.2) is 6.07 Å². The van der Waals surface area contributed by atoms with Crippen molar-refractivity contribution in [2.75, 3.05) is 26.8 Å². The molecule has 1 aliphatic heterocycles. The van der Waals surface area contributed by atoms with Gasteiger partial charge in [-0.25, -0.2) is 0 Å². The zero-order valence-corrected chi connectivity index (χ0v) is 16.9. The third kappa shape index (κ3) is 4.44. The van der Waals surface area contributed by atoms with Crippen LogP contribution in [0.4, 0.5) is 0 Å². The van der Waals surface area contributed by atoms with Gasteiger partial charge in [-0.05, 0) is 69.7 Å². The Morgan fingerprint density at radius 2 is 1.69 bits per heavy atom. The fraction of sp³-hybridized carbons (Fsp3) is 0.619. The number of benzene rings is 1. The lowest BCUT2D eigenvalue weighted by atomic mass is 9.91. The van der Waals surface area contributed by atoms with Crippen molar-refractivity contribution in [3.8, 4) is 0 Å². The Balaban J connectivity index is 2.02. The summed E-state index contributed by atoms with van der Waals surface area (Å²) in [5.41, 5.74) is 5.26. The minimum Gasteiger partial charge on any atom is -0.383 e. The molecule has 2 amide bonds. The second-order valence-corrected chi connectivity index (χ2v) is 7.57. The summed E-state index contributed by atoms with van der Waals surface area (Å²) in [6, 6.07) is 2.15. The maximum atomic E-state index is 13.1. The number of carbonyl (C=O) groups is 2. The van der Waals surface area contributed by atoms with E-state index in [-0.39, 0.29) is 23.8 Å². The number of nitrogens with one attached hydrogen (secondary N) is 1. The molecule has 2 rings (SSSR count). The molecule has 0 aliphatic carbocycles. The number of rotatable bonds is 5. The molecular formula is C21H32N2O3.